The van der Waals surface area contributed by atoms with Gasteiger partial charge in [0.15, 0.2) is 5.78 Å². The molecule has 0 atom stereocenters. The third kappa shape index (κ3) is 3.31. The van der Waals surface area contributed by atoms with Gasteiger partial charge < -0.3 is 10.2 Å². The van der Waals surface area contributed by atoms with Crippen molar-refractivity contribution in [3.63, 3.8) is 0 Å². The fraction of sp³-hybridized carbons (Fsp3) is 0.158. The predicted octanol–water partition coefficient (Wildman–Crippen LogP) is 2.70. The van der Waals surface area contributed by atoms with Crippen LogP contribution in [0.15, 0.2) is 66.4 Å². The normalized spacial score (nSPS) is 16.3. The van der Waals surface area contributed by atoms with Crippen LogP contribution in [0, 0.1) is 6.92 Å². The molecule has 23 heavy (non-hydrogen) atoms. The highest BCUT2D eigenvalue weighted by atomic mass is 16.2. The number of nitrogens with one attached hydrogen (secondary N) is 1. The van der Waals surface area contributed by atoms with Gasteiger partial charge in [0, 0.05) is 30.4 Å². The van der Waals surface area contributed by atoms with Crippen molar-refractivity contribution in [1.29, 1.82) is 0 Å². The molecule has 0 aliphatic carbocycles. The van der Waals surface area contributed by atoms with Crippen molar-refractivity contribution >= 4 is 17.4 Å². The summed E-state index contributed by atoms with van der Waals surface area (Å²) in [6, 6.07) is 16.8. The fourth-order valence-electron chi connectivity index (χ4n) is 2.52. The first kappa shape index (κ1) is 15.0. The Morgan fingerprint density at radius 3 is 2.48 bits per heavy atom. The lowest BCUT2D eigenvalue weighted by atomic mass is 10.1. The summed E-state index contributed by atoms with van der Waals surface area (Å²) < 4.78 is 0. The van der Waals surface area contributed by atoms with Crippen LogP contribution in [0.3, 0.4) is 0 Å². The van der Waals surface area contributed by atoms with E-state index in [0.717, 1.165) is 11.3 Å². The van der Waals surface area contributed by atoms with Gasteiger partial charge in [-0.15, -0.1) is 0 Å². The van der Waals surface area contributed by atoms with Crippen molar-refractivity contribution in [2.45, 2.75) is 6.92 Å². The lowest BCUT2D eigenvalue weighted by Gasteiger charge is -2.29. The van der Waals surface area contributed by atoms with Gasteiger partial charge in [0.05, 0.1) is 0 Å². The smallest absolute Gasteiger partial charge is 0.274 e. The summed E-state index contributed by atoms with van der Waals surface area (Å²) >= 11 is 0. The Morgan fingerprint density at radius 2 is 1.78 bits per heavy atom. The number of anilines is 1. The molecule has 1 aliphatic rings. The molecule has 1 amide bonds. The lowest BCUT2D eigenvalue weighted by Crippen LogP contribution is -2.46. The quantitative estimate of drug-likeness (QED) is 0.700. The van der Waals surface area contributed by atoms with Gasteiger partial charge in [-0.3, -0.25) is 9.59 Å². The molecule has 0 bridgehead atoms. The third-order valence-electron chi connectivity index (χ3n) is 3.81. The molecule has 0 radical (unpaired) electrons. The van der Waals surface area contributed by atoms with Crippen LogP contribution in [0.1, 0.15) is 15.9 Å². The topological polar surface area (TPSA) is 49.4 Å². The summed E-state index contributed by atoms with van der Waals surface area (Å²) in [5.41, 5.74) is 2.85. The second-order valence-corrected chi connectivity index (χ2v) is 5.51. The Bertz CT molecular complexity index is 749. The molecule has 3 rings (SSSR count). The molecular weight excluding hydrogens is 288 g/mol. The minimum atomic E-state index is -0.178. The molecule has 0 aromatic heterocycles. The molecule has 4 nitrogen and oxygen atoms in total. The van der Waals surface area contributed by atoms with E-state index in [9.17, 15) is 9.59 Å². The number of carbonyl (C=O) groups excluding carboxylic acids is 2. The maximum Gasteiger partial charge on any atom is 0.274 e. The number of amides is 1. The summed E-state index contributed by atoms with van der Waals surface area (Å²) in [5.74, 6) is -0.348. The molecule has 116 valence electrons. The van der Waals surface area contributed by atoms with Crippen molar-refractivity contribution in [2.24, 2.45) is 0 Å². The van der Waals surface area contributed by atoms with Crippen LogP contribution >= 0.6 is 0 Å². The molecule has 2 aromatic rings. The Kier molecular flexibility index (Phi) is 4.24. The van der Waals surface area contributed by atoms with Gasteiger partial charge in [-0.2, -0.15) is 0 Å². The lowest BCUT2D eigenvalue weighted by molar-refractivity contribution is -0.116. The van der Waals surface area contributed by atoms with Crippen molar-refractivity contribution in [1.82, 2.24) is 5.32 Å². The maximum absolute atomic E-state index is 12.6. The van der Waals surface area contributed by atoms with Gasteiger partial charge in [0.2, 0.25) is 0 Å². The van der Waals surface area contributed by atoms with Gasteiger partial charge in [0.25, 0.3) is 5.91 Å². The van der Waals surface area contributed by atoms with E-state index in [2.05, 4.69) is 5.32 Å². The van der Waals surface area contributed by atoms with Crippen LogP contribution in [0.2, 0.25) is 0 Å². The first-order valence-electron chi connectivity index (χ1n) is 7.58. The Hall–Kier alpha value is -2.88. The van der Waals surface area contributed by atoms with Crippen molar-refractivity contribution in [2.75, 3.05) is 18.0 Å². The number of nitrogens with zero attached hydrogens (tertiary/aromatic N) is 1. The van der Waals surface area contributed by atoms with Gasteiger partial charge >= 0.3 is 0 Å². The first-order chi connectivity index (χ1) is 11.1. The molecule has 1 N–H and O–H groups in total. The summed E-state index contributed by atoms with van der Waals surface area (Å²) in [7, 11) is 0. The van der Waals surface area contributed by atoms with Crippen LogP contribution in [0.5, 0.6) is 0 Å². The predicted molar refractivity (Wildman–Crippen MR) is 90.4 cm³/mol. The number of aryl methyl sites for hydroxylation is 1. The zero-order valence-electron chi connectivity index (χ0n) is 13.0. The number of carbonyl (C=O) groups is 2. The van der Waals surface area contributed by atoms with E-state index in [1.165, 1.54) is 6.08 Å². The molecule has 2 aromatic carbocycles. The van der Waals surface area contributed by atoms with Gasteiger partial charge in [-0.25, -0.2) is 0 Å². The number of benzene rings is 2. The molecule has 4 heteroatoms. The first-order valence-corrected chi connectivity index (χ1v) is 7.58. The summed E-state index contributed by atoms with van der Waals surface area (Å²) in [4.78, 5) is 26.6. The minimum absolute atomic E-state index is 0.171. The highest BCUT2D eigenvalue weighted by Crippen LogP contribution is 2.18. The second kappa shape index (κ2) is 6.48. The molecular formula is C19H18N2O2. The number of para-hydroxylation sites is 1. The van der Waals surface area contributed by atoms with E-state index < -0.39 is 0 Å². The molecule has 0 unspecified atom stereocenters. The Balaban J connectivity index is 1.83. The van der Waals surface area contributed by atoms with E-state index >= 15 is 0 Å². The van der Waals surface area contributed by atoms with Crippen LogP contribution in [0.4, 0.5) is 5.69 Å². The Labute approximate surface area is 135 Å². The SMILES string of the molecule is Cc1ccc(C(=O)C=C2NCCN(c3ccccc3)C2=O)cc1. The average Bonchev–Trinajstić information content (AvgIpc) is 2.58. The van der Waals surface area contributed by atoms with E-state index in [1.807, 2.05) is 49.4 Å². The number of hydrogen-bond donors (Lipinski definition) is 1. The summed E-state index contributed by atoms with van der Waals surface area (Å²) in [6.07, 6.45) is 1.39. The third-order valence-corrected chi connectivity index (χ3v) is 3.81. The van der Waals surface area contributed by atoms with E-state index in [1.54, 1.807) is 17.0 Å². The monoisotopic (exact) mass is 306 g/mol. The fourth-order valence-corrected chi connectivity index (χ4v) is 2.52. The van der Waals surface area contributed by atoms with Crippen LogP contribution in [-0.2, 0) is 4.79 Å². The van der Waals surface area contributed by atoms with Crippen LogP contribution < -0.4 is 10.2 Å². The number of piperazine rings is 1. The molecule has 1 fully saturated rings. The van der Waals surface area contributed by atoms with Crippen molar-refractivity contribution < 1.29 is 9.59 Å². The molecule has 1 heterocycles. The highest BCUT2D eigenvalue weighted by molar-refractivity contribution is 6.13. The zero-order chi connectivity index (χ0) is 16.2. The van der Waals surface area contributed by atoms with Gasteiger partial charge in [-0.05, 0) is 19.1 Å². The van der Waals surface area contributed by atoms with E-state index in [4.69, 9.17) is 0 Å². The maximum atomic E-state index is 12.6. The molecule has 0 saturated carbocycles. The van der Waals surface area contributed by atoms with Gasteiger partial charge in [0.1, 0.15) is 5.70 Å². The molecule has 1 saturated heterocycles. The number of ketones is 1. The van der Waals surface area contributed by atoms with Crippen LogP contribution in [-0.4, -0.2) is 24.8 Å². The zero-order valence-corrected chi connectivity index (χ0v) is 13.0. The number of allylic oxidation sites excluding steroid dienone is 1. The van der Waals surface area contributed by atoms with Gasteiger partial charge in [-0.1, -0.05) is 48.0 Å². The van der Waals surface area contributed by atoms with Crippen molar-refractivity contribution in [3.05, 3.63) is 77.5 Å². The van der Waals surface area contributed by atoms with E-state index in [0.29, 0.717) is 24.4 Å². The van der Waals surface area contributed by atoms with Crippen molar-refractivity contribution in [3.8, 4) is 0 Å². The summed E-state index contributed by atoms with van der Waals surface area (Å²) in [6.45, 7) is 3.17. The standard InChI is InChI=1S/C19H18N2O2/c1-14-7-9-15(10-8-14)18(22)13-17-19(23)21(12-11-20-17)16-5-3-2-4-6-16/h2-10,13,20H,11-12H2,1H3. The largest absolute Gasteiger partial charge is 0.379 e. The average molecular weight is 306 g/mol. The van der Waals surface area contributed by atoms with Crippen LogP contribution in [0.25, 0.3) is 0 Å². The second-order valence-electron chi connectivity index (χ2n) is 5.51. The molecule has 0 spiro atoms. The minimum Gasteiger partial charge on any atom is -0.379 e. The Morgan fingerprint density at radius 1 is 1.09 bits per heavy atom. The summed E-state index contributed by atoms with van der Waals surface area (Å²) in [5, 5.41) is 3.03. The molecule has 1 aliphatic heterocycles. The highest BCUT2D eigenvalue weighted by Gasteiger charge is 2.24. The number of hydrogen-bond acceptors (Lipinski definition) is 3. The number of rotatable bonds is 3. The van der Waals surface area contributed by atoms with E-state index in [-0.39, 0.29) is 11.7 Å².